The van der Waals surface area contributed by atoms with E-state index in [2.05, 4.69) is 28.2 Å². The Balaban J connectivity index is 1.47. The number of carbonyl (C=O) groups is 1. The van der Waals surface area contributed by atoms with Gasteiger partial charge in [0.05, 0.1) is 6.04 Å². The highest BCUT2D eigenvalue weighted by Crippen LogP contribution is 2.39. The summed E-state index contributed by atoms with van der Waals surface area (Å²) in [5, 5.41) is 8.18. The van der Waals surface area contributed by atoms with Crippen molar-refractivity contribution in [1.82, 2.24) is 15.1 Å². The second-order valence-corrected chi connectivity index (χ2v) is 10.2. The number of nitrogens with zero attached hydrogens (tertiary/aromatic N) is 2. The maximum absolute atomic E-state index is 13.5. The van der Waals surface area contributed by atoms with E-state index in [1.54, 1.807) is 12.1 Å². The molecule has 1 atom stereocenters. The van der Waals surface area contributed by atoms with Crippen LogP contribution in [0.25, 0.3) is 0 Å². The summed E-state index contributed by atoms with van der Waals surface area (Å²) < 4.78 is 15.8. The van der Waals surface area contributed by atoms with Gasteiger partial charge >= 0.3 is 0 Å². The summed E-state index contributed by atoms with van der Waals surface area (Å²) in [6.45, 7) is 0.555. The molecule has 1 saturated carbocycles. The molecule has 1 heterocycles. The minimum Gasteiger partial charge on any atom is -0.347 e. The van der Waals surface area contributed by atoms with E-state index in [4.69, 9.17) is 5.10 Å². The number of hydrogen-bond acceptors (Lipinski definition) is 2. The molecule has 1 aromatic carbocycles. The average molecular weight is 462 g/mol. The predicted octanol–water partition coefficient (Wildman–Crippen LogP) is 6.59. The number of benzene rings is 1. The fraction of sp³-hybridized carbons (Fsp3) is 0.517. The highest BCUT2D eigenvalue weighted by molar-refractivity contribution is 5.94. The van der Waals surface area contributed by atoms with Crippen LogP contribution < -0.4 is 5.32 Å². The van der Waals surface area contributed by atoms with Crippen LogP contribution in [0.15, 0.2) is 48.1 Å². The summed E-state index contributed by atoms with van der Waals surface area (Å²) in [5.41, 5.74) is 5.38. The third kappa shape index (κ3) is 5.18. The summed E-state index contributed by atoms with van der Waals surface area (Å²) >= 11 is 0. The van der Waals surface area contributed by atoms with Gasteiger partial charge in [0, 0.05) is 23.7 Å². The van der Waals surface area contributed by atoms with E-state index in [0.29, 0.717) is 24.2 Å². The first-order valence-corrected chi connectivity index (χ1v) is 13.2. The van der Waals surface area contributed by atoms with Crippen molar-refractivity contribution in [3.63, 3.8) is 0 Å². The Morgan fingerprint density at radius 1 is 1.03 bits per heavy atom. The van der Waals surface area contributed by atoms with Gasteiger partial charge < -0.3 is 5.32 Å². The normalized spacial score (nSPS) is 21.0. The average Bonchev–Trinajstić information content (AvgIpc) is 3.14. The molecule has 3 aliphatic rings. The van der Waals surface area contributed by atoms with Crippen LogP contribution in [0.2, 0.25) is 0 Å². The van der Waals surface area contributed by atoms with Gasteiger partial charge in [0.1, 0.15) is 5.82 Å². The number of rotatable bonds is 6. The van der Waals surface area contributed by atoms with Crippen LogP contribution in [-0.4, -0.2) is 22.2 Å². The molecule has 5 rings (SSSR count). The number of nitrogens with one attached hydrogen (secondary N) is 1. The van der Waals surface area contributed by atoms with Gasteiger partial charge in [0.2, 0.25) is 0 Å². The largest absolute Gasteiger partial charge is 0.347 e. The number of hydrogen-bond donors (Lipinski definition) is 1. The van der Waals surface area contributed by atoms with Crippen LogP contribution in [0.3, 0.4) is 0 Å². The second-order valence-electron chi connectivity index (χ2n) is 10.2. The van der Waals surface area contributed by atoms with Gasteiger partial charge in [0.15, 0.2) is 5.69 Å². The van der Waals surface area contributed by atoms with Crippen molar-refractivity contribution >= 4 is 5.91 Å². The van der Waals surface area contributed by atoms with Crippen molar-refractivity contribution in [2.75, 3.05) is 6.54 Å². The van der Waals surface area contributed by atoms with Crippen LogP contribution >= 0.6 is 0 Å². The monoisotopic (exact) mass is 461 g/mol. The molecule has 1 N–H and O–H groups in total. The van der Waals surface area contributed by atoms with Gasteiger partial charge in [-0.25, -0.2) is 4.39 Å². The summed E-state index contributed by atoms with van der Waals surface area (Å²) in [4.78, 5) is 13.4. The molecule has 5 heteroatoms. The summed E-state index contributed by atoms with van der Waals surface area (Å²) in [6.07, 6.45) is 19.7. The zero-order valence-corrected chi connectivity index (χ0v) is 20.1. The predicted molar refractivity (Wildman–Crippen MR) is 134 cm³/mol. The zero-order chi connectivity index (χ0) is 23.3. The Morgan fingerprint density at radius 3 is 2.59 bits per heavy atom. The van der Waals surface area contributed by atoms with E-state index in [1.807, 2.05) is 12.1 Å². The molecule has 1 aromatic heterocycles. The lowest BCUT2D eigenvalue weighted by molar-refractivity contribution is 0.0950. The Kier molecular flexibility index (Phi) is 7.27. The molecular weight excluding hydrogens is 425 g/mol. The van der Waals surface area contributed by atoms with Crippen molar-refractivity contribution < 1.29 is 9.18 Å². The van der Waals surface area contributed by atoms with Gasteiger partial charge in [-0.05, 0) is 74.6 Å². The quantitative estimate of drug-likeness (QED) is 0.494. The molecule has 34 heavy (non-hydrogen) atoms. The Bertz CT molecular complexity index is 1060. The van der Waals surface area contributed by atoms with Crippen molar-refractivity contribution in [1.29, 1.82) is 0 Å². The summed E-state index contributed by atoms with van der Waals surface area (Å²) in [6, 6.07) is 7.29. The van der Waals surface area contributed by atoms with E-state index in [0.717, 1.165) is 68.9 Å². The minimum absolute atomic E-state index is 0.0480. The third-order valence-electron chi connectivity index (χ3n) is 7.72. The molecule has 0 spiro atoms. The van der Waals surface area contributed by atoms with E-state index in [-0.39, 0.29) is 11.7 Å². The van der Waals surface area contributed by atoms with Gasteiger partial charge in [-0.1, -0.05) is 56.0 Å². The van der Waals surface area contributed by atoms with E-state index in [1.165, 1.54) is 30.5 Å². The molecule has 2 aromatic rings. The Labute approximate surface area is 202 Å². The molecule has 0 aliphatic heterocycles. The van der Waals surface area contributed by atoms with E-state index < -0.39 is 0 Å². The standard InChI is InChI=1S/C29H36FN3O/c30-24-17-15-21(16-18-24)19-23-11-7-8-14-26-27(29(34)31-20-22-9-3-1-4-10-22)32-33(28(23)26)25-12-5-2-6-13-25/h3,9-10,15-18,23,25H,1-2,4-8,11-14,19-20H2,(H,31,34). The van der Waals surface area contributed by atoms with Crippen LogP contribution in [0.5, 0.6) is 0 Å². The van der Waals surface area contributed by atoms with Crippen molar-refractivity contribution in [3.8, 4) is 0 Å². The Morgan fingerprint density at radius 2 is 1.82 bits per heavy atom. The van der Waals surface area contributed by atoms with Crippen LogP contribution in [-0.2, 0) is 12.8 Å². The van der Waals surface area contributed by atoms with E-state index >= 15 is 0 Å². The molecule has 4 nitrogen and oxygen atoms in total. The van der Waals surface area contributed by atoms with Crippen molar-refractivity contribution in [3.05, 3.63) is 76.4 Å². The number of halogens is 1. The van der Waals surface area contributed by atoms with Gasteiger partial charge in [-0.15, -0.1) is 0 Å². The number of aromatic nitrogens is 2. The summed E-state index contributed by atoms with van der Waals surface area (Å²) in [7, 11) is 0. The molecule has 3 aliphatic carbocycles. The van der Waals surface area contributed by atoms with Gasteiger partial charge in [0.25, 0.3) is 5.91 Å². The number of allylic oxidation sites excluding steroid dienone is 2. The van der Waals surface area contributed by atoms with E-state index in [9.17, 15) is 9.18 Å². The highest BCUT2D eigenvalue weighted by Gasteiger charge is 2.32. The zero-order valence-electron chi connectivity index (χ0n) is 20.1. The molecule has 1 unspecified atom stereocenters. The topological polar surface area (TPSA) is 46.9 Å². The minimum atomic E-state index is -0.195. The first kappa shape index (κ1) is 23.1. The van der Waals surface area contributed by atoms with Crippen molar-refractivity contribution in [2.24, 2.45) is 0 Å². The highest BCUT2D eigenvalue weighted by atomic mass is 19.1. The first-order valence-electron chi connectivity index (χ1n) is 13.2. The maximum Gasteiger partial charge on any atom is 0.272 e. The number of carbonyl (C=O) groups excluding carboxylic acids is 1. The lowest BCUT2D eigenvalue weighted by atomic mass is 9.89. The third-order valence-corrected chi connectivity index (χ3v) is 7.72. The van der Waals surface area contributed by atoms with Crippen LogP contribution in [0.1, 0.15) is 103 Å². The van der Waals surface area contributed by atoms with Gasteiger partial charge in [-0.2, -0.15) is 5.10 Å². The first-order chi connectivity index (χ1) is 16.7. The fourth-order valence-corrected chi connectivity index (χ4v) is 5.95. The van der Waals surface area contributed by atoms with Gasteiger partial charge in [-0.3, -0.25) is 9.48 Å². The molecule has 0 bridgehead atoms. The van der Waals surface area contributed by atoms with Crippen molar-refractivity contribution in [2.45, 2.75) is 89.0 Å². The lowest BCUT2D eigenvalue weighted by Gasteiger charge is -2.27. The molecule has 0 radical (unpaired) electrons. The number of fused-ring (bicyclic) bond motifs is 1. The maximum atomic E-state index is 13.5. The number of amides is 1. The van der Waals surface area contributed by atoms with Crippen LogP contribution in [0, 0.1) is 5.82 Å². The summed E-state index contributed by atoms with van der Waals surface area (Å²) in [5.74, 6) is 0.0653. The molecule has 1 fully saturated rings. The molecule has 1 amide bonds. The van der Waals surface area contributed by atoms with Crippen LogP contribution in [0.4, 0.5) is 4.39 Å². The smallest absolute Gasteiger partial charge is 0.272 e. The molecule has 0 saturated heterocycles. The SMILES string of the molecule is O=C(NCC1=CCCC=C1)c1nn(C2CCCCC2)c2c1CCCCC2Cc1ccc(F)cc1. The molecule has 180 valence electrons. The molecular formula is C29H36FN3O. The fourth-order valence-electron chi connectivity index (χ4n) is 5.95. The Hall–Kier alpha value is -2.69. The second kappa shape index (κ2) is 10.7. The lowest BCUT2D eigenvalue weighted by Crippen LogP contribution is -2.27.